The summed E-state index contributed by atoms with van der Waals surface area (Å²) < 4.78 is 27.3. The van der Waals surface area contributed by atoms with Crippen LogP contribution in [0, 0.1) is 5.92 Å². The molecule has 0 saturated carbocycles. The van der Waals surface area contributed by atoms with E-state index in [0.717, 1.165) is 4.68 Å². The molecule has 0 unspecified atom stereocenters. The Morgan fingerprint density at radius 1 is 1.50 bits per heavy atom. The van der Waals surface area contributed by atoms with Gasteiger partial charge in [0.1, 0.15) is 6.04 Å². The van der Waals surface area contributed by atoms with Gasteiger partial charge in [0, 0.05) is 7.05 Å². The van der Waals surface area contributed by atoms with Crippen molar-refractivity contribution in [3.63, 3.8) is 0 Å². The summed E-state index contributed by atoms with van der Waals surface area (Å²) in [5.74, 6) is -1.63. The van der Waals surface area contributed by atoms with Crippen LogP contribution in [0.2, 0.25) is 0 Å². The van der Waals surface area contributed by atoms with E-state index < -0.39 is 28.0 Å². The van der Waals surface area contributed by atoms with Crippen LogP contribution in [-0.4, -0.2) is 40.5 Å². The Morgan fingerprint density at radius 3 is 2.39 bits per heavy atom. The van der Waals surface area contributed by atoms with Gasteiger partial charge in [0.05, 0.1) is 0 Å². The molecule has 0 radical (unpaired) electrons. The first-order chi connectivity index (χ1) is 8.16. The molecule has 0 aliphatic heterocycles. The van der Waals surface area contributed by atoms with E-state index in [1.165, 1.54) is 7.05 Å². The number of aryl methyl sites for hydroxylation is 1. The van der Waals surface area contributed by atoms with Gasteiger partial charge in [0.25, 0.3) is 10.0 Å². The average molecular weight is 341 g/mol. The highest BCUT2D eigenvalue weighted by atomic mass is 79.9. The monoisotopic (exact) mass is 340 g/mol. The fourth-order valence-electron chi connectivity index (χ4n) is 1.30. The van der Waals surface area contributed by atoms with Crippen molar-refractivity contribution in [1.82, 2.24) is 19.7 Å². The number of hydrogen-bond acceptors (Lipinski definition) is 5. The van der Waals surface area contributed by atoms with Crippen molar-refractivity contribution in [3.8, 4) is 0 Å². The molecule has 0 fully saturated rings. The standard InChI is InChI=1S/C8H13BrN4O4S/c1-4(2)5(8(14)15)11-18(16,17)7-6(9)10-12-13(7)3/h4-5,11H,1-3H3,(H,14,15)/t5-/m1/s1. The number of rotatable bonds is 5. The van der Waals surface area contributed by atoms with E-state index in [-0.39, 0.29) is 9.63 Å². The van der Waals surface area contributed by atoms with Crippen molar-refractivity contribution in [2.75, 3.05) is 0 Å². The van der Waals surface area contributed by atoms with Gasteiger partial charge in [-0.25, -0.2) is 13.1 Å². The molecule has 1 aromatic heterocycles. The van der Waals surface area contributed by atoms with E-state index in [4.69, 9.17) is 5.11 Å². The topological polar surface area (TPSA) is 114 Å². The molecular formula is C8H13BrN4O4S. The molecule has 8 nitrogen and oxygen atoms in total. The molecule has 0 spiro atoms. The highest BCUT2D eigenvalue weighted by molar-refractivity contribution is 9.10. The van der Waals surface area contributed by atoms with Crippen molar-refractivity contribution in [2.24, 2.45) is 13.0 Å². The number of carboxylic acid groups (broad SMARTS) is 1. The molecule has 0 amide bonds. The van der Waals surface area contributed by atoms with Gasteiger partial charge in [-0.1, -0.05) is 19.1 Å². The molecule has 102 valence electrons. The SMILES string of the molecule is CC(C)[C@@H](NS(=O)(=O)c1c(Br)nnn1C)C(=O)O. The molecule has 0 bridgehead atoms. The van der Waals surface area contributed by atoms with Crippen molar-refractivity contribution in [3.05, 3.63) is 4.60 Å². The number of aliphatic carboxylic acids is 1. The normalized spacial score (nSPS) is 13.8. The van der Waals surface area contributed by atoms with E-state index in [1.54, 1.807) is 13.8 Å². The van der Waals surface area contributed by atoms with Crippen LogP contribution in [0.4, 0.5) is 0 Å². The minimum absolute atomic E-state index is 0.0328. The second kappa shape index (κ2) is 5.33. The Balaban J connectivity index is 3.13. The van der Waals surface area contributed by atoms with Crippen LogP contribution in [0.1, 0.15) is 13.8 Å². The molecule has 1 atom stereocenters. The third-order valence-corrected chi connectivity index (χ3v) is 4.53. The first kappa shape index (κ1) is 15.1. The van der Waals surface area contributed by atoms with Gasteiger partial charge in [-0.2, -0.15) is 4.72 Å². The quantitative estimate of drug-likeness (QED) is 0.777. The third kappa shape index (κ3) is 3.06. The van der Waals surface area contributed by atoms with Crippen LogP contribution in [0.25, 0.3) is 0 Å². The van der Waals surface area contributed by atoms with Gasteiger partial charge in [-0.15, -0.1) is 5.10 Å². The molecule has 10 heteroatoms. The number of hydrogen-bond donors (Lipinski definition) is 2. The summed E-state index contributed by atoms with van der Waals surface area (Å²) >= 11 is 2.96. The summed E-state index contributed by atoms with van der Waals surface area (Å²) in [6.07, 6.45) is 0. The zero-order valence-electron chi connectivity index (χ0n) is 9.95. The molecule has 18 heavy (non-hydrogen) atoms. The zero-order chi connectivity index (χ0) is 14.1. The van der Waals surface area contributed by atoms with Crippen LogP contribution < -0.4 is 4.72 Å². The van der Waals surface area contributed by atoms with Crippen LogP contribution in [-0.2, 0) is 21.9 Å². The predicted octanol–water partition coefficient (Wildman–Crippen LogP) is -0.0349. The van der Waals surface area contributed by atoms with Crippen molar-refractivity contribution in [2.45, 2.75) is 24.9 Å². The number of halogens is 1. The maximum Gasteiger partial charge on any atom is 0.322 e. The van der Waals surface area contributed by atoms with E-state index >= 15 is 0 Å². The van der Waals surface area contributed by atoms with Crippen LogP contribution >= 0.6 is 15.9 Å². The van der Waals surface area contributed by atoms with E-state index in [9.17, 15) is 13.2 Å². The number of carbonyl (C=O) groups is 1. The fraction of sp³-hybridized carbons (Fsp3) is 0.625. The van der Waals surface area contributed by atoms with E-state index in [2.05, 4.69) is 31.0 Å². The molecule has 1 heterocycles. The Morgan fingerprint density at radius 2 is 2.06 bits per heavy atom. The van der Waals surface area contributed by atoms with Gasteiger partial charge in [0.15, 0.2) is 4.60 Å². The lowest BCUT2D eigenvalue weighted by molar-refractivity contribution is -0.140. The highest BCUT2D eigenvalue weighted by Crippen LogP contribution is 2.18. The summed E-state index contributed by atoms with van der Waals surface area (Å²) in [7, 11) is -2.61. The number of sulfonamides is 1. The summed E-state index contributed by atoms with van der Waals surface area (Å²) in [6.45, 7) is 3.22. The first-order valence-corrected chi connectivity index (χ1v) is 7.24. The Labute approximate surface area is 113 Å². The maximum absolute atomic E-state index is 12.0. The van der Waals surface area contributed by atoms with Crippen LogP contribution in [0.15, 0.2) is 9.63 Å². The van der Waals surface area contributed by atoms with Crippen molar-refractivity contribution < 1.29 is 18.3 Å². The molecule has 1 aromatic rings. The predicted molar refractivity (Wildman–Crippen MR) is 65.3 cm³/mol. The highest BCUT2D eigenvalue weighted by Gasteiger charge is 2.31. The molecule has 0 saturated heterocycles. The third-order valence-electron chi connectivity index (χ3n) is 2.21. The maximum atomic E-state index is 12.0. The Hall–Kier alpha value is -1.00. The number of nitrogens with zero attached hydrogens (tertiary/aromatic N) is 3. The van der Waals surface area contributed by atoms with Crippen molar-refractivity contribution >= 4 is 31.9 Å². The van der Waals surface area contributed by atoms with Crippen LogP contribution in [0.5, 0.6) is 0 Å². The zero-order valence-corrected chi connectivity index (χ0v) is 12.4. The second-order valence-electron chi connectivity index (χ2n) is 3.99. The van der Waals surface area contributed by atoms with E-state index in [1.807, 2.05) is 0 Å². The fourth-order valence-corrected chi connectivity index (χ4v) is 3.74. The smallest absolute Gasteiger partial charge is 0.322 e. The molecule has 2 N–H and O–H groups in total. The number of carboxylic acids is 1. The minimum Gasteiger partial charge on any atom is -0.480 e. The number of nitrogens with one attached hydrogen (secondary N) is 1. The van der Waals surface area contributed by atoms with E-state index in [0.29, 0.717) is 0 Å². The lowest BCUT2D eigenvalue weighted by atomic mass is 10.1. The van der Waals surface area contributed by atoms with Crippen molar-refractivity contribution in [1.29, 1.82) is 0 Å². The van der Waals surface area contributed by atoms with Gasteiger partial charge in [0.2, 0.25) is 5.03 Å². The largest absolute Gasteiger partial charge is 0.480 e. The van der Waals surface area contributed by atoms with Gasteiger partial charge < -0.3 is 5.11 Å². The molecular weight excluding hydrogens is 328 g/mol. The summed E-state index contributed by atoms with van der Waals surface area (Å²) in [4.78, 5) is 11.0. The summed E-state index contributed by atoms with van der Waals surface area (Å²) in [5.41, 5.74) is 0. The summed E-state index contributed by atoms with van der Waals surface area (Å²) in [6, 6.07) is -1.21. The Bertz CT molecular complexity index is 534. The lowest BCUT2D eigenvalue weighted by Gasteiger charge is -2.17. The van der Waals surface area contributed by atoms with Gasteiger partial charge >= 0.3 is 5.97 Å². The number of aromatic nitrogens is 3. The van der Waals surface area contributed by atoms with Gasteiger partial charge in [-0.3, -0.25) is 4.79 Å². The molecule has 0 aliphatic carbocycles. The van der Waals surface area contributed by atoms with Crippen LogP contribution in [0.3, 0.4) is 0 Å². The summed E-state index contributed by atoms with van der Waals surface area (Å²) in [5, 5.41) is 15.8. The second-order valence-corrected chi connectivity index (χ2v) is 6.37. The first-order valence-electron chi connectivity index (χ1n) is 4.97. The average Bonchev–Trinajstić information content (AvgIpc) is 2.54. The molecule has 0 aliphatic rings. The lowest BCUT2D eigenvalue weighted by Crippen LogP contribution is -2.44. The van der Waals surface area contributed by atoms with Gasteiger partial charge in [-0.05, 0) is 21.8 Å². The molecule has 0 aromatic carbocycles. The minimum atomic E-state index is -4.01. The Kier molecular flexibility index (Phi) is 4.46. The molecule has 1 rings (SSSR count).